The number of hydrogen-bond donors (Lipinski definition) is 6. The molecule has 6 N–H and O–H groups in total. The number of likely N-dealkylation sites (tertiary alicyclic amines) is 1. The van der Waals surface area contributed by atoms with E-state index in [0.29, 0.717) is 0 Å². The molecule has 2 heterocycles. The van der Waals surface area contributed by atoms with Crippen molar-refractivity contribution in [3.8, 4) is 0 Å². The van der Waals surface area contributed by atoms with Crippen molar-refractivity contribution in [1.82, 2.24) is 35.6 Å². The number of carboxylic acids is 2. The highest BCUT2D eigenvalue weighted by atomic mass is 32.2. The molecule has 318 valence electrons. The fraction of sp³-hybridized carbons (Fsp3) is 0.550. The number of carboxylic acid groups (broad SMARTS) is 2. The van der Waals surface area contributed by atoms with Crippen molar-refractivity contribution in [2.45, 2.75) is 89.6 Å². The predicted octanol–water partition coefficient (Wildman–Crippen LogP) is 1.39. The fourth-order valence-electron chi connectivity index (χ4n) is 6.76. The summed E-state index contributed by atoms with van der Waals surface area (Å²) in [5, 5.41) is 29.5. The molecule has 1 saturated heterocycles. The molecule has 0 saturated carbocycles. The van der Waals surface area contributed by atoms with E-state index >= 15 is 0 Å². The maximum Gasteiger partial charge on any atom is 0.305 e. The number of hydrogen-bond acceptors (Lipinski definition) is 10. The van der Waals surface area contributed by atoms with Gasteiger partial charge in [0.25, 0.3) is 0 Å². The molecule has 0 spiro atoms. The first-order valence-corrected chi connectivity index (χ1v) is 20.0. The molecule has 2 aromatic rings. The molecule has 1 fully saturated rings. The van der Waals surface area contributed by atoms with Gasteiger partial charge in [0, 0.05) is 74.0 Å². The van der Waals surface area contributed by atoms with Crippen molar-refractivity contribution in [3.63, 3.8) is 0 Å². The molecule has 1 aliphatic rings. The van der Waals surface area contributed by atoms with E-state index in [-0.39, 0.29) is 49.7 Å². The van der Waals surface area contributed by atoms with E-state index in [4.69, 9.17) is 5.11 Å². The number of aliphatic carboxylic acids is 2. The summed E-state index contributed by atoms with van der Waals surface area (Å²) in [5.74, 6) is -5.62. The Kier molecular flexibility index (Phi) is 16.2. The van der Waals surface area contributed by atoms with Gasteiger partial charge >= 0.3 is 11.9 Å². The van der Waals surface area contributed by atoms with Crippen LogP contribution in [0.15, 0.2) is 42.1 Å². The molecule has 1 aromatic carbocycles. The number of amides is 6. The summed E-state index contributed by atoms with van der Waals surface area (Å²) in [6.07, 6.45) is 2.43. The Balaban J connectivity index is 1.63. The number of fused-ring (bicyclic) bond motifs is 1. The molecule has 4 atom stereocenters. The number of carbonyl (C=O) groups excluding carboxylic acids is 6. The minimum atomic E-state index is -1.50. The minimum absolute atomic E-state index is 0.0548. The number of benzene rings is 1. The van der Waals surface area contributed by atoms with Gasteiger partial charge < -0.3 is 40.9 Å². The number of para-hydroxylation sites is 1. The van der Waals surface area contributed by atoms with E-state index in [1.165, 1.54) is 24.9 Å². The van der Waals surface area contributed by atoms with Crippen LogP contribution in [0.4, 0.5) is 0 Å². The van der Waals surface area contributed by atoms with E-state index in [1.807, 2.05) is 76.7 Å². The van der Waals surface area contributed by atoms with Crippen molar-refractivity contribution < 1.29 is 48.6 Å². The molecule has 1 aromatic heterocycles. The summed E-state index contributed by atoms with van der Waals surface area (Å²) in [5.41, 5.74) is 0.670. The van der Waals surface area contributed by atoms with Crippen LogP contribution in [0.2, 0.25) is 0 Å². The molecule has 17 nitrogen and oxygen atoms in total. The standard InChI is InChI=1S/C40H57N7O10S/c1-23(34(53)43-26(20-31(51)52)35(54)42-16-18-47-29(48)21-28(37(47)56)58-19-15-30(49)50)14-17-45(8)38(57)33(39(2,3)4)44-36(55)32(41-7)40(5,6)25-22-46(9)27-13-11-10-12-24(25)27/h10-14,22,26,28,32-33,41H,15-21H2,1-9H3,(H,42,54)(H,43,53)(H,44,55)(H,49,50)(H,51,52)/b23-14+/t26-,28?,32+,33?/m0/s1. The summed E-state index contributed by atoms with van der Waals surface area (Å²) in [6, 6.07) is 4.75. The van der Waals surface area contributed by atoms with Crippen LogP contribution in [0.1, 0.15) is 66.4 Å². The van der Waals surface area contributed by atoms with Crippen LogP contribution in [-0.2, 0) is 50.8 Å². The molecule has 0 aliphatic carbocycles. The molecule has 3 rings (SSSR count). The number of thioether (sulfide) groups is 1. The lowest BCUT2D eigenvalue weighted by molar-refractivity contribution is -0.140. The quantitative estimate of drug-likeness (QED) is 0.0821. The number of imide groups is 1. The number of nitrogens with zero attached hydrogens (tertiary/aromatic N) is 3. The van der Waals surface area contributed by atoms with Crippen LogP contribution < -0.4 is 21.3 Å². The van der Waals surface area contributed by atoms with Crippen LogP contribution in [0.5, 0.6) is 0 Å². The largest absolute Gasteiger partial charge is 0.481 e. The van der Waals surface area contributed by atoms with Gasteiger partial charge in [0.2, 0.25) is 35.4 Å². The highest BCUT2D eigenvalue weighted by molar-refractivity contribution is 8.00. The van der Waals surface area contributed by atoms with Gasteiger partial charge in [-0.05, 0) is 31.0 Å². The molecule has 18 heteroatoms. The van der Waals surface area contributed by atoms with Gasteiger partial charge in [-0.25, -0.2) is 0 Å². The molecule has 58 heavy (non-hydrogen) atoms. The first kappa shape index (κ1) is 47.1. The maximum absolute atomic E-state index is 14.0. The van der Waals surface area contributed by atoms with Gasteiger partial charge in [-0.1, -0.05) is 58.9 Å². The van der Waals surface area contributed by atoms with Crippen LogP contribution >= 0.6 is 11.8 Å². The van der Waals surface area contributed by atoms with Gasteiger partial charge in [-0.15, -0.1) is 11.8 Å². The number of carbonyl (C=O) groups is 8. The third-order valence-electron chi connectivity index (χ3n) is 10.1. The summed E-state index contributed by atoms with van der Waals surface area (Å²) >= 11 is 1.06. The predicted molar refractivity (Wildman–Crippen MR) is 219 cm³/mol. The van der Waals surface area contributed by atoms with Crippen molar-refractivity contribution >= 4 is 70.0 Å². The molecular formula is C40H57N7O10S. The lowest BCUT2D eigenvalue weighted by atomic mass is 9.76. The molecule has 2 unspecified atom stereocenters. The maximum atomic E-state index is 14.0. The van der Waals surface area contributed by atoms with Gasteiger partial charge in [-0.2, -0.15) is 0 Å². The Morgan fingerprint density at radius 2 is 1.64 bits per heavy atom. The van der Waals surface area contributed by atoms with Crippen molar-refractivity contribution in [2.24, 2.45) is 12.5 Å². The zero-order valence-electron chi connectivity index (χ0n) is 34.6. The Morgan fingerprint density at radius 3 is 2.24 bits per heavy atom. The van der Waals surface area contributed by atoms with Crippen molar-refractivity contribution in [3.05, 3.63) is 47.7 Å². The lowest BCUT2D eigenvalue weighted by Crippen LogP contribution is -2.60. The zero-order chi connectivity index (χ0) is 43.7. The average molecular weight is 828 g/mol. The molecule has 0 radical (unpaired) electrons. The van der Waals surface area contributed by atoms with Gasteiger partial charge in [0.05, 0.1) is 24.1 Å². The molecule has 1 aliphatic heterocycles. The average Bonchev–Trinajstić information content (AvgIpc) is 3.62. The second-order valence-electron chi connectivity index (χ2n) is 16.0. The Morgan fingerprint density at radius 1 is 0.983 bits per heavy atom. The summed E-state index contributed by atoms with van der Waals surface area (Å²) < 4.78 is 2.01. The summed E-state index contributed by atoms with van der Waals surface area (Å²) in [7, 11) is 5.17. The highest BCUT2D eigenvalue weighted by Gasteiger charge is 2.42. The normalized spacial score (nSPS) is 16.5. The van der Waals surface area contributed by atoms with Gasteiger partial charge in [-0.3, -0.25) is 43.3 Å². The Bertz CT molecular complexity index is 1930. The number of likely N-dealkylation sites (N-methyl/N-ethyl adjacent to an activating group) is 2. The first-order valence-electron chi connectivity index (χ1n) is 18.9. The third kappa shape index (κ3) is 11.9. The first-order chi connectivity index (χ1) is 27.0. The van der Waals surface area contributed by atoms with Crippen LogP contribution in [0, 0.1) is 5.41 Å². The van der Waals surface area contributed by atoms with E-state index in [0.717, 1.165) is 33.1 Å². The summed E-state index contributed by atoms with van der Waals surface area (Å²) in [4.78, 5) is 104. The number of rotatable bonds is 20. The highest BCUT2D eigenvalue weighted by Crippen LogP contribution is 2.35. The van der Waals surface area contributed by atoms with E-state index in [1.54, 1.807) is 7.05 Å². The second-order valence-corrected chi connectivity index (χ2v) is 17.3. The molecular weight excluding hydrogens is 771 g/mol. The van der Waals surface area contributed by atoms with Crippen molar-refractivity contribution in [1.29, 1.82) is 0 Å². The minimum Gasteiger partial charge on any atom is -0.481 e. The Hall–Kier alpha value is -5.23. The molecule has 0 bridgehead atoms. The zero-order valence-corrected chi connectivity index (χ0v) is 35.5. The van der Waals surface area contributed by atoms with Crippen LogP contribution in [-0.4, -0.2) is 135 Å². The van der Waals surface area contributed by atoms with Crippen molar-refractivity contribution in [2.75, 3.05) is 39.5 Å². The second kappa shape index (κ2) is 20.0. The van der Waals surface area contributed by atoms with Gasteiger partial charge in [0.15, 0.2) is 0 Å². The number of aryl methyl sites for hydroxylation is 1. The number of aromatic nitrogens is 1. The van der Waals surface area contributed by atoms with E-state index < -0.39 is 82.1 Å². The Labute approximate surface area is 342 Å². The molecule has 6 amide bonds. The van der Waals surface area contributed by atoms with Crippen LogP contribution in [0.25, 0.3) is 10.9 Å². The fourth-order valence-corrected chi connectivity index (χ4v) is 7.87. The summed E-state index contributed by atoms with van der Waals surface area (Å²) in [6.45, 7) is 10.4. The van der Waals surface area contributed by atoms with E-state index in [9.17, 15) is 43.5 Å². The van der Waals surface area contributed by atoms with E-state index in [2.05, 4.69) is 21.3 Å². The lowest BCUT2D eigenvalue weighted by Gasteiger charge is -2.38. The SMILES string of the molecule is CN[C@H](C(=O)NC(C(=O)N(C)C/C=C(\C)C(=O)N[C@@H](CC(=O)O)C(=O)NCCN1C(=O)CC(SCCC(=O)O)C1=O)C(C)(C)C)C(C)(C)c1cn(C)c2ccccc12. The third-order valence-corrected chi connectivity index (χ3v) is 11.4. The number of nitrogens with one attached hydrogen (secondary N) is 4. The topological polar surface area (TPSA) is 237 Å². The monoisotopic (exact) mass is 827 g/mol. The van der Waals surface area contributed by atoms with Crippen LogP contribution in [0.3, 0.4) is 0 Å². The smallest absolute Gasteiger partial charge is 0.305 e. The van der Waals surface area contributed by atoms with Gasteiger partial charge in [0.1, 0.15) is 12.1 Å².